The first-order valence-electron chi connectivity index (χ1n) is 7.68. The van der Waals surface area contributed by atoms with E-state index >= 15 is 0 Å². The molecule has 0 fully saturated rings. The van der Waals surface area contributed by atoms with Crippen LogP contribution >= 0.6 is 0 Å². The Morgan fingerprint density at radius 3 is 2.35 bits per heavy atom. The van der Waals surface area contributed by atoms with Gasteiger partial charge in [-0.2, -0.15) is 0 Å². The Kier molecular flexibility index (Phi) is 8.52. The van der Waals surface area contributed by atoms with Crippen LogP contribution in [0, 0.1) is 0 Å². The molecule has 0 aromatic heterocycles. The predicted molar refractivity (Wildman–Crippen MR) is 78.9 cm³/mol. The van der Waals surface area contributed by atoms with Crippen LogP contribution < -0.4 is 9.84 Å². The van der Waals surface area contributed by atoms with Crippen LogP contribution in [0.4, 0.5) is 0 Å². The van der Waals surface area contributed by atoms with E-state index in [1.807, 2.05) is 0 Å². The highest BCUT2D eigenvalue weighted by Crippen LogP contribution is 2.14. The van der Waals surface area contributed by atoms with Crippen molar-refractivity contribution in [2.24, 2.45) is 0 Å². The van der Waals surface area contributed by atoms with Crippen molar-refractivity contribution >= 4 is 5.97 Å². The lowest BCUT2D eigenvalue weighted by atomic mass is 10.1. The minimum Gasteiger partial charge on any atom is -0.545 e. The van der Waals surface area contributed by atoms with E-state index in [0.717, 1.165) is 6.42 Å². The number of hydrogen-bond acceptors (Lipinski definition) is 3. The van der Waals surface area contributed by atoms with Gasteiger partial charge in [0.15, 0.2) is 0 Å². The van der Waals surface area contributed by atoms with Crippen molar-refractivity contribution in [1.82, 2.24) is 0 Å². The molecule has 1 aromatic carbocycles. The maximum Gasteiger partial charge on any atom is 0.119 e. The van der Waals surface area contributed by atoms with E-state index in [2.05, 4.69) is 6.92 Å². The zero-order chi connectivity index (χ0) is 14.6. The second-order valence-electron chi connectivity index (χ2n) is 5.14. The van der Waals surface area contributed by atoms with Gasteiger partial charge in [-0.25, -0.2) is 0 Å². The van der Waals surface area contributed by atoms with E-state index in [-0.39, 0.29) is 5.56 Å². The van der Waals surface area contributed by atoms with E-state index < -0.39 is 5.97 Å². The van der Waals surface area contributed by atoms with Gasteiger partial charge in [0.25, 0.3) is 0 Å². The Balaban J connectivity index is 2.06. The van der Waals surface area contributed by atoms with Crippen molar-refractivity contribution in [3.05, 3.63) is 29.8 Å². The first-order chi connectivity index (χ1) is 9.74. The summed E-state index contributed by atoms with van der Waals surface area (Å²) < 4.78 is 5.55. The number of carboxylic acids is 1. The first-order valence-corrected chi connectivity index (χ1v) is 7.68. The molecule has 0 radical (unpaired) electrons. The average molecular weight is 277 g/mol. The minimum absolute atomic E-state index is 0.165. The van der Waals surface area contributed by atoms with Crippen molar-refractivity contribution in [1.29, 1.82) is 0 Å². The number of benzene rings is 1. The topological polar surface area (TPSA) is 49.4 Å². The molecule has 0 saturated heterocycles. The lowest BCUT2D eigenvalue weighted by molar-refractivity contribution is -0.255. The lowest BCUT2D eigenvalue weighted by Crippen LogP contribution is -2.22. The predicted octanol–water partition coefficient (Wildman–Crippen LogP) is 3.57. The Bertz CT molecular complexity index is 388. The van der Waals surface area contributed by atoms with Crippen LogP contribution in [0.1, 0.15) is 68.6 Å². The molecule has 0 aliphatic heterocycles. The highest BCUT2D eigenvalue weighted by molar-refractivity contribution is 5.86. The largest absolute Gasteiger partial charge is 0.545 e. The third-order valence-electron chi connectivity index (χ3n) is 3.34. The number of aromatic carboxylic acids is 1. The van der Waals surface area contributed by atoms with Crippen LogP contribution in [0.25, 0.3) is 0 Å². The van der Waals surface area contributed by atoms with E-state index in [1.54, 1.807) is 12.1 Å². The molecule has 112 valence electrons. The van der Waals surface area contributed by atoms with Crippen LogP contribution in [-0.4, -0.2) is 12.6 Å². The number of ether oxygens (including phenoxy) is 1. The third-order valence-corrected chi connectivity index (χ3v) is 3.34. The smallest absolute Gasteiger partial charge is 0.119 e. The van der Waals surface area contributed by atoms with E-state index in [0.29, 0.717) is 12.4 Å². The van der Waals surface area contributed by atoms with Crippen LogP contribution in [0.3, 0.4) is 0 Å². The second-order valence-corrected chi connectivity index (χ2v) is 5.14. The molecule has 20 heavy (non-hydrogen) atoms. The van der Waals surface area contributed by atoms with Crippen molar-refractivity contribution < 1.29 is 14.6 Å². The van der Waals surface area contributed by atoms with E-state index in [4.69, 9.17) is 4.74 Å². The molecular weight excluding hydrogens is 252 g/mol. The fourth-order valence-electron chi connectivity index (χ4n) is 2.14. The zero-order valence-corrected chi connectivity index (χ0v) is 12.4. The van der Waals surface area contributed by atoms with Crippen molar-refractivity contribution in [2.75, 3.05) is 6.61 Å². The number of carbonyl (C=O) groups excluding carboxylic acids is 1. The summed E-state index contributed by atoms with van der Waals surface area (Å²) in [6.45, 7) is 2.87. The second kappa shape index (κ2) is 10.3. The minimum atomic E-state index is -1.16. The fraction of sp³-hybridized carbons (Fsp3) is 0.588. The molecule has 0 N–H and O–H groups in total. The molecule has 0 atom stereocenters. The zero-order valence-electron chi connectivity index (χ0n) is 12.4. The summed E-state index contributed by atoms with van der Waals surface area (Å²) in [5.41, 5.74) is 0.165. The number of carbonyl (C=O) groups is 1. The highest BCUT2D eigenvalue weighted by Gasteiger charge is 1.98. The Morgan fingerprint density at radius 1 is 1.05 bits per heavy atom. The fourth-order valence-corrected chi connectivity index (χ4v) is 2.14. The maximum atomic E-state index is 10.7. The molecule has 1 rings (SSSR count). The summed E-state index contributed by atoms with van der Waals surface area (Å²) in [6.07, 6.45) is 10.1. The van der Waals surface area contributed by atoms with Gasteiger partial charge in [-0.15, -0.1) is 0 Å². The van der Waals surface area contributed by atoms with Gasteiger partial charge >= 0.3 is 0 Å². The van der Waals surface area contributed by atoms with Crippen molar-refractivity contribution in [2.45, 2.75) is 58.3 Å². The summed E-state index contributed by atoms with van der Waals surface area (Å²) in [7, 11) is 0. The monoisotopic (exact) mass is 277 g/mol. The molecule has 0 unspecified atom stereocenters. The van der Waals surface area contributed by atoms with Gasteiger partial charge in [-0.3, -0.25) is 0 Å². The quantitative estimate of drug-likeness (QED) is 0.581. The molecule has 0 bridgehead atoms. The van der Waals surface area contributed by atoms with Crippen LogP contribution in [-0.2, 0) is 0 Å². The summed E-state index contributed by atoms with van der Waals surface area (Å²) >= 11 is 0. The highest BCUT2D eigenvalue weighted by atomic mass is 16.5. The molecule has 3 nitrogen and oxygen atoms in total. The SMILES string of the molecule is CCCCCCCCCCOc1cccc(C(=O)[O-])c1. The number of hydrogen-bond donors (Lipinski definition) is 0. The number of unbranched alkanes of at least 4 members (excludes halogenated alkanes) is 7. The molecule has 0 spiro atoms. The van der Waals surface area contributed by atoms with E-state index in [1.165, 1.54) is 57.1 Å². The molecular formula is C17H25O3-. The first kappa shape index (κ1) is 16.5. The summed E-state index contributed by atoms with van der Waals surface area (Å²) in [6, 6.07) is 6.48. The molecule has 0 saturated carbocycles. The van der Waals surface area contributed by atoms with Gasteiger partial charge in [-0.1, -0.05) is 64.0 Å². The van der Waals surface area contributed by atoms with Gasteiger partial charge in [0.2, 0.25) is 0 Å². The summed E-state index contributed by atoms with van der Waals surface area (Å²) in [4.78, 5) is 10.7. The van der Waals surface area contributed by atoms with Crippen LogP contribution in [0.2, 0.25) is 0 Å². The van der Waals surface area contributed by atoms with Gasteiger partial charge < -0.3 is 14.6 Å². The molecule has 1 aromatic rings. The third kappa shape index (κ3) is 7.17. The number of rotatable bonds is 11. The van der Waals surface area contributed by atoms with Crippen molar-refractivity contribution in [3.63, 3.8) is 0 Å². The Hall–Kier alpha value is -1.51. The van der Waals surface area contributed by atoms with Gasteiger partial charge in [0.1, 0.15) is 5.75 Å². The van der Waals surface area contributed by atoms with Crippen LogP contribution in [0.15, 0.2) is 24.3 Å². The molecule has 0 heterocycles. The normalized spacial score (nSPS) is 10.4. The summed E-state index contributed by atoms with van der Waals surface area (Å²) in [5, 5.41) is 10.7. The van der Waals surface area contributed by atoms with Gasteiger partial charge in [0.05, 0.1) is 12.6 Å². The van der Waals surface area contributed by atoms with Gasteiger partial charge in [0, 0.05) is 5.56 Å². The molecule has 0 aliphatic carbocycles. The van der Waals surface area contributed by atoms with E-state index in [9.17, 15) is 9.90 Å². The molecule has 3 heteroatoms. The maximum absolute atomic E-state index is 10.7. The van der Waals surface area contributed by atoms with Gasteiger partial charge in [-0.05, 0) is 18.6 Å². The standard InChI is InChI=1S/C17H26O3/c1-2-3-4-5-6-7-8-9-13-20-16-12-10-11-15(14-16)17(18)19/h10-12,14H,2-9,13H2,1H3,(H,18,19)/p-1. The summed E-state index contributed by atoms with van der Waals surface area (Å²) in [5.74, 6) is -0.558. The average Bonchev–Trinajstić information content (AvgIpc) is 2.46. The van der Waals surface area contributed by atoms with Crippen molar-refractivity contribution in [3.8, 4) is 5.75 Å². The number of carboxylic acid groups (broad SMARTS) is 1. The lowest BCUT2D eigenvalue weighted by Gasteiger charge is -2.08. The molecule has 0 amide bonds. The molecule has 0 aliphatic rings. The Morgan fingerprint density at radius 2 is 1.70 bits per heavy atom. The van der Waals surface area contributed by atoms with Crippen LogP contribution in [0.5, 0.6) is 5.75 Å². The Labute approximate surface area is 122 Å².